The van der Waals surface area contributed by atoms with E-state index >= 15 is 0 Å². The number of benzene rings is 1. The second-order valence-corrected chi connectivity index (χ2v) is 6.13. The maximum Gasteiger partial charge on any atom is 0.308 e. The Balaban J connectivity index is 0.00000338. The van der Waals surface area contributed by atoms with Gasteiger partial charge in [0, 0.05) is 19.6 Å². The number of guanidine groups is 1. The Bertz CT molecular complexity index is 587. The summed E-state index contributed by atoms with van der Waals surface area (Å²) < 4.78 is 10.6. The molecular formula is C19H30IN3O3. The number of methoxy groups -OCH3 is 1. The average molecular weight is 475 g/mol. The Labute approximate surface area is 173 Å². The number of piperidine rings is 1. The SMILES string of the molecule is CCNC(=NCCOc1ccccc1C)N1CCC(C(=O)OC)CC1.I. The van der Waals surface area contributed by atoms with Gasteiger partial charge in [-0.1, -0.05) is 18.2 Å². The second-order valence-electron chi connectivity index (χ2n) is 6.13. The fourth-order valence-corrected chi connectivity index (χ4v) is 2.94. The molecule has 1 aromatic carbocycles. The molecule has 0 aromatic heterocycles. The Morgan fingerprint density at radius 3 is 2.62 bits per heavy atom. The molecule has 1 heterocycles. The van der Waals surface area contributed by atoms with Gasteiger partial charge < -0.3 is 19.7 Å². The normalized spacial score (nSPS) is 15.2. The number of likely N-dealkylation sites (tertiary alicyclic amines) is 1. The highest BCUT2D eigenvalue weighted by Gasteiger charge is 2.26. The third kappa shape index (κ3) is 6.66. The van der Waals surface area contributed by atoms with Gasteiger partial charge in [0.05, 0.1) is 19.6 Å². The third-order valence-electron chi connectivity index (χ3n) is 4.37. The van der Waals surface area contributed by atoms with Crippen molar-refractivity contribution in [2.75, 3.05) is 39.9 Å². The van der Waals surface area contributed by atoms with Crippen molar-refractivity contribution in [1.29, 1.82) is 0 Å². The lowest BCUT2D eigenvalue weighted by Crippen LogP contribution is -2.46. The predicted octanol–water partition coefficient (Wildman–Crippen LogP) is 2.84. The van der Waals surface area contributed by atoms with Crippen LogP contribution >= 0.6 is 24.0 Å². The molecule has 0 amide bonds. The molecule has 146 valence electrons. The van der Waals surface area contributed by atoms with Crippen molar-refractivity contribution in [2.45, 2.75) is 26.7 Å². The summed E-state index contributed by atoms with van der Waals surface area (Å²) in [7, 11) is 1.45. The highest BCUT2D eigenvalue weighted by atomic mass is 127. The molecule has 0 saturated carbocycles. The molecule has 0 aliphatic carbocycles. The number of halogens is 1. The minimum atomic E-state index is -0.103. The lowest BCUT2D eigenvalue weighted by Gasteiger charge is -2.33. The number of hydrogen-bond acceptors (Lipinski definition) is 4. The van der Waals surface area contributed by atoms with Crippen LogP contribution in [0.5, 0.6) is 5.75 Å². The van der Waals surface area contributed by atoms with E-state index in [0.29, 0.717) is 13.2 Å². The van der Waals surface area contributed by atoms with Crippen LogP contribution in [0.4, 0.5) is 0 Å². The van der Waals surface area contributed by atoms with Gasteiger partial charge in [0.2, 0.25) is 0 Å². The molecule has 1 aliphatic heterocycles. The van der Waals surface area contributed by atoms with Crippen LogP contribution in [-0.4, -0.2) is 56.7 Å². The number of nitrogens with one attached hydrogen (secondary N) is 1. The molecule has 1 aliphatic rings. The summed E-state index contributed by atoms with van der Waals surface area (Å²) in [6.07, 6.45) is 1.60. The quantitative estimate of drug-likeness (QED) is 0.226. The molecule has 1 fully saturated rings. The fourth-order valence-electron chi connectivity index (χ4n) is 2.94. The van der Waals surface area contributed by atoms with Gasteiger partial charge in [0.1, 0.15) is 12.4 Å². The Morgan fingerprint density at radius 1 is 1.31 bits per heavy atom. The van der Waals surface area contributed by atoms with Crippen LogP contribution in [0.15, 0.2) is 29.3 Å². The number of carbonyl (C=O) groups excluding carboxylic acids is 1. The van der Waals surface area contributed by atoms with Gasteiger partial charge in [-0.15, -0.1) is 24.0 Å². The van der Waals surface area contributed by atoms with E-state index in [1.807, 2.05) is 31.2 Å². The van der Waals surface area contributed by atoms with Crippen LogP contribution in [0, 0.1) is 12.8 Å². The largest absolute Gasteiger partial charge is 0.491 e. The van der Waals surface area contributed by atoms with E-state index in [2.05, 4.69) is 22.1 Å². The van der Waals surface area contributed by atoms with Crippen LogP contribution in [-0.2, 0) is 9.53 Å². The Kier molecular flexibility index (Phi) is 10.4. The van der Waals surface area contributed by atoms with Crippen LogP contribution in [0.2, 0.25) is 0 Å². The number of para-hydroxylation sites is 1. The van der Waals surface area contributed by atoms with Crippen LogP contribution in [0.25, 0.3) is 0 Å². The number of ether oxygens (including phenoxy) is 2. The van der Waals surface area contributed by atoms with Crippen molar-refractivity contribution in [3.63, 3.8) is 0 Å². The van der Waals surface area contributed by atoms with E-state index < -0.39 is 0 Å². The molecule has 0 spiro atoms. The molecular weight excluding hydrogens is 445 g/mol. The smallest absolute Gasteiger partial charge is 0.308 e. The molecule has 6 nitrogen and oxygen atoms in total. The molecule has 1 aromatic rings. The van der Waals surface area contributed by atoms with Crippen LogP contribution in [0.3, 0.4) is 0 Å². The minimum absolute atomic E-state index is 0. The van der Waals surface area contributed by atoms with Gasteiger partial charge in [-0.25, -0.2) is 4.99 Å². The van der Waals surface area contributed by atoms with Crippen molar-refractivity contribution >= 4 is 35.9 Å². The molecule has 0 unspecified atom stereocenters. The summed E-state index contributed by atoms with van der Waals surface area (Å²) in [4.78, 5) is 18.5. The van der Waals surface area contributed by atoms with E-state index in [0.717, 1.165) is 49.7 Å². The summed E-state index contributed by atoms with van der Waals surface area (Å²) in [6, 6.07) is 7.98. The van der Waals surface area contributed by atoms with Crippen LogP contribution < -0.4 is 10.1 Å². The molecule has 0 radical (unpaired) electrons. The standard InChI is InChI=1S/C19H29N3O3.HI/c1-4-20-19(22-12-9-16(10-13-22)18(23)24-3)21-11-14-25-17-8-6-5-7-15(17)2;/h5-8,16H,4,9-14H2,1-3H3,(H,20,21);1H. The zero-order valence-corrected chi connectivity index (χ0v) is 18.2. The number of hydrogen-bond donors (Lipinski definition) is 1. The van der Waals surface area contributed by atoms with Crippen molar-refractivity contribution in [3.8, 4) is 5.75 Å². The number of aliphatic imine (C=N–C) groups is 1. The Morgan fingerprint density at radius 2 is 2.00 bits per heavy atom. The maximum absolute atomic E-state index is 11.6. The molecule has 7 heteroatoms. The Hall–Kier alpha value is -1.51. The number of aryl methyl sites for hydroxylation is 1. The van der Waals surface area contributed by atoms with Crippen molar-refractivity contribution in [2.24, 2.45) is 10.9 Å². The van der Waals surface area contributed by atoms with Crippen molar-refractivity contribution < 1.29 is 14.3 Å². The first-order chi connectivity index (χ1) is 12.2. The summed E-state index contributed by atoms with van der Waals surface area (Å²) in [6.45, 7) is 7.66. The second kappa shape index (κ2) is 12.0. The first kappa shape index (κ1) is 22.5. The third-order valence-corrected chi connectivity index (χ3v) is 4.37. The summed E-state index contributed by atoms with van der Waals surface area (Å²) in [5.74, 6) is 1.70. The molecule has 1 saturated heterocycles. The number of esters is 1. The maximum atomic E-state index is 11.6. The predicted molar refractivity (Wildman–Crippen MR) is 114 cm³/mol. The molecule has 2 rings (SSSR count). The summed E-state index contributed by atoms with van der Waals surface area (Å²) in [5.41, 5.74) is 1.13. The molecule has 1 N–H and O–H groups in total. The van der Waals surface area contributed by atoms with E-state index in [9.17, 15) is 4.79 Å². The topological polar surface area (TPSA) is 63.2 Å². The van der Waals surface area contributed by atoms with E-state index in [4.69, 9.17) is 9.47 Å². The number of carbonyl (C=O) groups is 1. The first-order valence-electron chi connectivity index (χ1n) is 8.95. The average Bonchev–Trinajstić information content (AvgIpc) is 2.65. The summed E-state index contributed by atoms with van der Waals surface area (Å²) in [5, 5.41) is 3.32. The van der Waals surface area contributed by atoms with Crippen LogP contribution in [0.1, 0.15) is 25.3 Å². The van der Waals surface area contributed by atoms with E-state index in [1.165, 1.54) is 7.11 Å². The van der Waals surface area contributed by atoms with E-state index in [1.54, 1.807) is 0 Å². The van der Waals surface area contributed by atoms with E-state index in [-0.39, 0.29) is 35.9 Å². The monoisotopic (exact) mass is 475 g/mol. The van der Waals surface area contributed by atoms with Crippen molar-refractivity contribution in [1.82, 2.24) is 10.2 Å². The van der Waals surface area contributed by atoms with Gasteiger partial charge in [-0.2, -0.15) is 0 Å². The summed E-state index contributed by atoms with van der Waals surface area (Å²) >= 11 is 0. The van der Waals surface area contributed by atoms with Crippen molar-refractivity contribution in [3.05, 3.63) is 29.8 Å². The highest BCUT2D eigenvalue weighted by Crippen LogP contribution is 2.18. The zero-order chi connectivity index (χ0) is 18.1. The first-order valence-corrected chi connectivity index (χ1v) is 8.95. The van der Waals surface area contributed by atoms with Gasteiger partial charge in [0.25, 0.3) is 0 Å². The molecule has 26 heavy (non-hydrogen) atoms. The van der Waals surface area contributed by atoms with Gasteiger partial charge in [-0.05, 0) is 38.3 Å². The highest BCUT2D eigenvalue weighted by molar-refractivity contribution is 14.0. The molecule has 0 atom stereocenters. The molecule has 0 bridgehead atoms. The van der Waals surface area contributed by atoms with Gasteiger partial charge in [-0.3, -0.25) is 4.79 Å². The van der Waals surface area contributed by atoms with Gasteiger partial charge >= 0.3 is 5.97 Å². The zero-order valence-electron chi connectivity index (χ0n) is 15.9. The lowest BCUT2D eigenvalue weighted by molar-refractivity contribution is -0.146. The minimum Gasteiger partial charge on any atom is -0.491 e. The lowest BCUT2D eigenvalue weighted by atomic mass is 9.97. The number of nitrogens with zero attached hydrogens (tertiary/aromatic N) is 2. The van der Waals surface area contributed by atoms with Gasteiger partial charge in [0.15, 0.2) is 5.96 Å². The fraction of sp³-hybridized carbons (Fsp3) is 0.579. The number of rotatable bonds is 6.